The highest BCUT2D eigenvalue weighted by atomic mass is 16.2. The minimum absolute atomic E-state index is 0.0299. The summed E-state index contributed by atoms with van der Waals surface area (Å²) in [7, 11) is 1.92. The SMILES string of the molecule is Bc1cc2n(n1)C(CCC)CN(Cc1ccc(C#N)cc1)C2=O. The lowest BCUT2D eigenvalue weighted by Crippen LogP contribution is -2.42. The van der Waals surface area contributed by atoms with Crippen LogP contribution in [0.5, 0.6) is 0 Å². The minimum atomic E-state index is 0.0299. The lowest BCUT2D eigenvalue weighted by atomic mass is 10.0. The van der Waals surface area contributed by atoms with E-state index in [-0.39, 0.29) is 11.9 Å². The molecule has 1 aliphatic heterocycles. The summed E-state index contributed by atoms with van der Waals surface area (Å²) < 4.78 is 1.90. The topological polar surface area (TPSA) is 61.9 Å². The smallest absolute Gasteiger partial charge is 0.272 e. The molecule has 0 saturated carbocycles. The number of carbonyl (C=O) groups excluding carboxylic acids is 1. The minimum Gasteiger partial charge on any atom is -0.331 e. The van der Waals surface area contributed by atoms with Gasteiger partial charge in [0.1, 0.15) is 5.69 Å². The Labute approximate surface area is 136 Å². The zero-order chi connectivity index (χ0) is 16.4. The molecule has 0 saturated heterocycles. The molecule has 0 N–H and O–H groups in total. The fourth-order valence-electron chi connectivity index (χ4n) is 3.12. The summed E-state index contributed by atoms with van der Waals surface area (Å²) in [5.41, 5.74) is 3.24. The number of aromatic nitrogens is 2. The number of rotatable bonds is 4. The van der Waals surface area contributed by atoms with Crippen LogP contribution in [0.1, 0.15) is 47.4 Å². The summed E-state index contributed by atoms with van der Waals surface area (Å²) in [5.74, 6) is 0.0299. The second kappa shape index (κ2) is 6.29. The molecule has 0 fully saturated rings. The van der Waals surface area contributed by atoms with Crippen molar-refractivity contribution in [2.24, 2.45) is 0 Å². The van der Waals surface area contributed by atoms with Gasteiger partial charge in [0, 0.05) is 18.7 Å². The predicted molar refractivity (Wildman–Crippen MR) is 90.2 cm³/mol. The number of hydrogen-bond acceptors (Lipinski definition) is 3. The summed E-state index contributed by atoms with van der Waals surface area (Å²) in [6.07, 6.45) is 2.06. The van der Waals surface area contributed by atoms with Crippen LogP contribution in [0.15, 0.2) is 30.3 Å². The maximum absolute atomic E-state index is 12.7. The lowest BCUT2D eigenvalue weighted by molar-refractivity contribution is 0.0636. The van der Waals surface area contributed by atoms with Gasteiger partial charge in [0.2, 0.25) is 0 Å². The Bertz CT molecular complexity index is 760. The van der Waals surface area contributed by atoms with E-state index in [2.05, 4.69) is 18.1 Å². The Morgan fingerprint density at radius 2 is 2.13 bits per heavy atom. The molecule has 1 unspecified atom stereocenters. The summed E-state index contributed by atoms with van der Waals surface area (Å²) in [6, 6.07) is 11.6. The third-order valence-corrected chi connectivity index (χ3v) is 4.22. The highest BCUT2D eigenvalue weighted by Crippen LogP contribution is 2.24. The fourth-order valence-corrected chi connectivity index (χ4v) is 3.12. The van der Waals surface area contributed by atoms with E-state index in [9.17, 15) is 4.79 Å². The van der Waals surface area contributed by atoms with Crippen LogP contribution < -0.4 is 5.59 Å². The second-order valence-corrected chi connectivity index (χ2v) is 6.05. The van der Waals surface area contributed by atoms with E-state index in [1.165, 1.54) is 0 Å². The lowest BCUT2D eigenvalue weighted by Gasteiger charge is -2.33. The van der Waals surface area contributed by atoms with E-state index in [1.807, 2.05) is 35.6 Å². The number of carbonyl (C=O) groups is 1. The van der Waals surface area contributed by atoms with Crippen molar-refractivity contribution in [2.75, 3.05) is 6.54 Å². The highest BCUT2D eigenvalue weighted by Gasteiger charge is 2.31. The van der Waals surface area contributed by atoms with Crippen molar-refractivity contribution in [1.29, 1.82) is 5.26 Å². The van der Waals surface area contributed by atoms with E-state index in [0.717, 1.165) is 24.0 Å². The van der Waals surface area contributed by atoms with E-state index in [0.29, 0.717) is 24.3 Å². The molecular weight excluding hydrogens is 287 g/mol. The van der Waals surface area contributed by atoms with Gasteiger partial charge in [-0.2, -0.15) is 10.4 Å². The van der Waals surface area contributed by atoms with Crippen LogP contribution in [0.3, 0.4) is 0 Å². The van der Waals surface area contributed by atoms with E-state index < -0.39 is 0 Å². The third-order valence-electron chi connectivity index (χ3n) is 4.22. The Hall–Kier alpha value is -2.55. The van der Waals surface area contributed by atoms with E-state index >= 15 is 0 Å². The molecule has 2 heterocycles. The van der Waals surface area contributed by atoms with Crippen LogP contribution in [-0.2, 0) is 6.54 Å². The molecule has 1 amide bonds. The number of amides is 1. The van der Waals surface area contributed by atoms with Gasteiger partial charge < -0.3 is 4.90 Å². The molecule has 5 nitrogen and oxygen atoms in total. The van der Waals surface area contributed by atoms with Gasteiger partial charge in [-0.15, -0.1) is 0 Å². The van der Waals surface area contributed by atoms with Gasteiger partial charge in [-0.1, -0.05) is 25.5 Å². The van der Waals surface area contributed by atoms with Crippen LogP contribution >= 0.6 is 0 Å². The Morgan fingerprint density at radius 1 is 1.39 bits per heavy atom. The van der Waals surface area contributed by atoms with Crippen LogP contribution in [0.2, 0.25) is 0 Å². The molecule has 23 heavy (non-hydrogen) atoms. The summed E-state index contributed by atoms with van der Waals surface area (Å²) in [4.78, 5) is 14.6. The molecule has 3 rings (SSSR count). The van der Waals surface area contributed by atoms with Gasteiger partial charge in [0.05, 0.1) is 17.7 Å². The number of nitrogens with zero attached hydrogens (tertiary/aromatic N) is 4. The molecule has 116 valence electrons. The van der Waals surface area contributed by atoms with Crippen molar-refractivity contribution < 1.29 is 4.79 Å². The second-order valence-electron chi connectivity index (χ2n) is 6.05. The van der Waals surface area contributed by atoms with E-state index in [4.69, 9.17) is 5.26 Å². The molecule has 0 aliphatic carbocycles. The number of hydrogen-bond donors (Lipinski definition) is 0. The highest BCUT2D eigenvalue weighted by molar-refractivity contribution is 6.31. The Morgan fingerprint density at radius 3 is 2.78 bits per heavy atom. The largest absolute Gasteiger partial charge is 0.331 e. The zero-order valence-electron chi connectivity index (χ0n) is 13.5. The molecule has 2 aromatic rings. The van der Waals surface area contributed by atoms with Crippen molar-refractivity contribution in [3.63, 3.8) is 0 Å². The normalized spacial score (nSPS) is 17.0. The average molecular weight is 306 g/mol. The number of fused-ring (bicyclic) bond motifs is 1. The van der Waals surface area contributed by atoms with Crippen LogP contribution in [0.25, 0.3) is 0 Å². The molecule has 0 radical (unpaired) electrons. The van der Waals surface area contributed by atoms with Gasteiger partial charge >= 0.3 is 0 Å². The predicted octanol–water partition coefficient (Wildman–Crippen LogP) is 1.01. The van der Waals surface area contributed by atoms with Gasteiger partial charge in [0.15, 0.2) is 7.85 Å². The maximum atomic E-state index is 12.7. The zero-order valence-corrected chi connectivity index (χ0v) is 13.5. The molecule has 1 aliphatic rings. The van der Waals surface area contributed by atoms with Crippen LogP contribution in [-0.4, -0.2) is 35.0 Å². The molecule has 0 bridgehead atoms. The van der Waals surface area contributed by atoms with E-state index in [1.54, 1.807) is 12.1 Å². The standard InChI is InChI=1S/C17H19BN4O/c1-2-3-14-11-21(10-13-6-4-12(9-19)5-7-13)17(23)15-8-16(18)20-22(14)15/h4-8,14H,2-3,10-11,18H2,1H3. The number of nitriles is 1. The van der Waals surface area contributed by atoms with Crippen LogP contribution in [0, 0.1) is 11.3 Å². The van der Waals surface area contributed by atoms with Gasteiger partial charge in [0.25, 0.3) is 5.91 Å². The molecule has 1 aromatic heterocycles. The van der Waals surface area contributed by atoms with Crippen LogP contribution in [0.4, 0.5) is 0 Å². The Kier molecular flexibility index (Phi) is 4.20. The molecular formula is C17H19BN4O. The summed E-state index contributed by atoms with van der Waals surface area (Å²) >= 11 is 0. The molecule has 1 atom stereocenters. The van der Waals surface area contributed by atoms with Crippen molar-refractivity contribution >= 4 is 19.3 Å². The first-order chi connectivity index (χ1) is 11.1. The molecule has 1 aromatic carbocycles. The number of benzene rings is 1. The Balaban J connectivity index is 1.85. The van der Waals surface area contributed by atoms with Crippen molar-refractivity contribution in [3.05, 3.63) is 47.2 Å². The average Bonchev–Trinajstić information content (AvgIpc) is 2.95. The van der Waals surface area contributed by atoms with Crippen molar-refractivity contribution in [2.45, 2.75) is 32.4 Å². The monoisotopic (exact) mass is 306 g/mol. The quantitative estimate of drug-likeness (QED) is 0.792. The van der Waals surface area contributed by atoms with Gasteiger partial charge in [-0.3, -0.25) is 9.48 Å². The first kappa shape index (κ1) is 15.4. The van der Waals surface area contributed by atoms with Crippen molar-refractivity contribution in [1.82, 2.24) is 14.7 Å². The van der Waals surface area contributed by atoms with Gasteiger partial charge in [-0.25, -0.2) is 0 Å². The first-order valence-electron chi connectivity index (χ1n) is 7.97. The summed E-state index contributed by atoms with van der Waals surface area (Å²) in [5, 5.41) is 13.4. The maximum Gasteiger partial charge on any atom is 0.272 e. The first-order valence-corrected chi connectivity index (χ1v) is 7.97. The van der Waals surface area contributed by atoms with Crippen molar-refractivity contribution in [3.8, 4) is 6.07 Å². The fraction of sp³-hybridized carbons (Fsp3) is 0.353. The third kappa shape index (κ3) is 3.00. The van der Waals surface area contributed by atoms with Gasteiger partial charge in [-0.05, 0) is 30.2 Å². The molecule has 6 heteroatoms. The summed E-state index contributed by atoms with van der Waals surface area (Å²) in [6.45, 7) is 3.40. The molecule has 0 spiro atoms.